The summed E-state index contributed by atoms with van der Waals surface area (Å²) < 4.78 is 29.0. The van der Waals surface area contributed by atoms with Crippen LogP contribution in [-0.2, 0) is 9.84 Å². The lowest BCUT2D eigenvalue weighted by molar-refractivity contribution is 0.340. The van der Waals surface area contributed by atoms with Crippen LogP contribution in [0.2, 0.25) is 0 Å². The zero-order chi connectivity index (χ0) is 13.9. The van der Waals surface area contributed by atoms with Gasteiger partial charge < -0.3 is 10.5 Å². The van der Waals surface area contributed by atoms with Crippen molar-refractivity contribution in [1.82, 2.24) is 15.2 Å². The Bertz CT molecular complexity index is 666. The van der Waals surface area contributed by atoms with Crippen molar-refractivity contribution in [2.75, 3.05) is 18.1 Å². The van der Waals surface area contributed by atoms with Gasteiger partial charge in [0, 0.05) is 0 Å². The first-order valence-electron chi connectivity index (χ1n) is 5.57. The fourth-order valence-corrected chi connectivity index (χ4v) is 2.38. The van der Waals surface area contributed by atoms with Crippen LogP contribution < -0.4 is 10.5 Å². The van der Waals surface area contributed by atoms with E-state index in [0.29, 0.717) is 5.75 Å². The number of benzene rings is 1. The van der Waals surface area contributed by atoms with Crippen LogP contribution in [0.15, 0.2) is 29.4 Å². The van der Waals surface area contributed by atoms with E-state index < -0.39 is 9.84 Å². The quantitative estimate of drug-likeness (QED) is 0.828. The molecule has 0 saturated carbocycles. The molecule has 0 amide bonds. The zero-order valence-electron chi connectivity index (χ0n) is 10.3. The minimum atomic E-state index is -3.55. The first-order chi connectivity index (χ1) is 8.97. The van der Waals surface area contributed by atoms with Crippen LogP contribution in [0, 0.1) is 6.92 Å². The lowest BCUT2D eigenvalue weighted by atomic mass is 10.2. The van der Waals surface area contributed by atoms with Crippen LogP contribution in [0.25, 0.3) is 0 Å². The van der Waals surface area contributed by atoms with Crippen LogP contribution in [0.1, 0.15) is 5.56 Å². The van der Waals surface area contributed by atoms with Gasteiger partial charge in [-0.2, -0.15) is 4.98 Å². The molecule has 8 heteroatoms. The van der Waals surface area contributed by atoms with E-state index in [1.54, 1.807) is 6.07 Å². The molecule has 0 aliphatic heterocycles. The molecule has 2 aromatic rings. The van der Waals surface area contributed by atoms with Gasteiger partial charge in [0.1, 0.15) is 12.4 Å². The summed E-state index contributed by atoms with van der Waals surface area (Å²) in [5.41, 5.74) is 6.31. The van der Waals surface area contributed by atoms with Crippen molar-refractivity contribution >= 4 is 15.8 Å². The second-order valence-electron chi connectivity index (χ2n) is 3.98. The molecule has 1 aromatic carbocycles. The summed E-state index contributed by atoms with van der Waals surface area (Å²) in [6.45, 7) is 1.97. The Hall–Kier alpha value is -2.09. The van der Waals surface area contributed by atoms with E-state index in [2.05, 4.69) is 15.2 Å². The number of rotatable bonds is 5. The molecule has 3 N–H and O–H groups in total. The summed E-state index contributed by atoms with van der Waals surface area (Å²) >= 11 is 0. The third-order valence-electron chi connectivity index (χ3n) is 2.39. The number of aryl methyl sites for hydroxylation is 1. The number of nitrogens with one attached hydrogen (secondary N) is 1. The highest BCUT2D eigenvalue weighted by Crippen LogP contribution is 2.13. The van der Waals surface area contributed by atoms with E-state index in [1.165, 1.54) is 0 Å². The Morgan fingerprint density at radius 3 is 2.84 bits per heavy atom. The minimum Gasteiger partial charge on any atom is -0.493 e. The molecule has 0 aliphatic rings. The highest BCUT2D eigenvalue weighted by molar-refractivity contribution is 7.91. The Morgan fingerprint density at radius 2 is 2.21 bits per heavy atom. The van der Waals surface area contributed by atoms with E-state index in [1.807, 2.05) is 25.1 Å². The maximum absolute atomic E-state index is 11.8. The van der Waals surface area contributed by atoms with E-state index in [0.717, 1.165) is 5.56 Å². The van der Waals surface area contributed by atoms with Crippen molar-refractivity contribution in [3.05, 3.63) is 29.8 Å². The van der Waals surface area contributed by atoms with Gasteiger partial charge in [0.05, 0.1) is 5.75 Å². The molecule has 0 bridgehead atoms. The Morgan fingerprint density at radius 1 is 1.42 bits per heavy atom. The Labute approximate surface area is 110 Å². The number of anilines is 1. The number of hydrogen-bond acceptors (Lipinski definition) is 6. The summed E-state index contributed by atoms with van der Waals surface area (Å²) in [6.07, 6.45) is 0. The lowest BCUT2D eigenvalue weighted by Gasteiger charge is -2.06. The van der Waals surface area contributed by atoms with Crippen molar-refractivity contribution < 1.29 is 13.2 Å². The molecular weight excluding hydrogens is 268 g/mol. The first kappa shape index (κ1) is 13.3. The van der Waals surface area contributed by atoms with E-state index in [-0.39, 0.29) is 23.5 Å². The smallest absolute Gasteiger partial charge is 0.244 e. The van der Waals surface area contributed by atoms with Crippen LogP contribution in [0.5, 0.6) is 5.75 Å². The predicted molar refractivity (Wildman–Crippen MR) is 69.5 cm³/mol. The summed E-state index contributed by atoms with van der Waals surface area (Å²) in [5, 5.41) is 5.52. The molecule has 1 aromatic heterocycles. The molecule has 0 radical (unpaired) electrons. The number of nitrogen functional groups attached to an aromatic ring is 1. The lowest BCUT2D eigenvalue weighted by Crippen LogP contribution is -2.15. The van der Waals surface area contributed by atoms with Crippen molar-refractivity contribution in [3.63, 3.8) is 0 Å². The number of nitrogens with two attached hydrogens (primary N) is 1. The van der Waals surface area contributed by atoms with Crippen LogP contribution in [0.3, 0.4) is 0 Å². The van der Waals surface area contributed by atoms with Crippen molar-refractivity contribution in [1.29, 1.82) is 0 Å². The van der Waals surface area contributed by atoms with Gasteiger partial charge in [-0.25, -0.2) is 13.5 Å². The third-order valence-corrected chi connectivity index (χ3v) is 3.86. The molecule has 19 heavy (non-hydrogen) atoms. The van der Waals surface area contributed by atoms with Gasteiger partial charge in [0.15, 0.2) is 0 Å². The molecule has 0 spiro atoms. The molecule has 0 atom stereocenters. The largest absolute Gasteiger partial charge is 0.493 e. The normalized spacial score (nSPS) is 11.4. The molecule has 0 saturated heterocycles. The Balaban J connectivity index is 1.96. The standard InChI is InChI=1S/C11H14N4O3S/c1-8-3-2-4-9(7-8)18-5-6-19(16,17)11-13-10(12)14-15-11/h2-4,7H,5-6H2,1H3,(H3,12,13,14,15). The van der Waals surface area contributed by atoms with Gasteiger partial charge >= 0.3 is 0 Å². The number of ether oxygens (including phenoxy) is 1. The third kappa shape index (κ3) is 3.44. The number of nitrogens with zero attached hydrogens (tertiary/aromatic N) is 2. The predicted octanol–water partition coefficient (Wildman–Crippen LogP) is 0.548. The van der Waals surface area contributed by atoms with Crippen LogP contribution in [0.4, 0.5) is 5.95 Å². The minimum absolute atomic E-state index is 0.0341. The monoisotopic (exact) mass is 282 g/mol. The molecule has 1 heterocycles. The van der Waals surface area contributed by atoms with Crippen molar-refractivity contribution in [2.24, 2.45) is 0 Å². The van der Waals surface area contributed by atoms with Gasteiger partial charge in [-0.1, -0.05) is 12.1 Å². The van der Waals surface area contributed by atoms with Crippen molar-refractivity contribution in [3.8, 4) is 5.75 Å². The molecule has 7 nitrogen and oxygen atoms in total. The topological polar surface area (TPSA) is 111 Å². The number of H-pyrrole nitrogens is 1. The van der Waals surface area contributed by atoms with Gasteiger partial charge in [-0.3, -0.25) is 0 Å². The first-order valence-corrected chi connectivity index (χ1v) is 7.23. The average molecular weight is 282 g/mol. The molecule has 0 fully saturated rings. The molecular formula is C11H14N4O3S. The van der Waals surface area contributed by atoms with Gasteiger partial charge in [-0.15, -0.1) is 5.10 Å². The second kappa shape index (κ2) is 5.27. The summed E-state index contributed by atoms with van der Waals surface area (Å²) in [7, 11) is -3.55. The maximum Gasteiger partial charge on any atom is 0.244 e. The highest BCUT2D eigenvalue weighted by Gasteiger charge is 2.19. The molecule has 0 aliphatic carbocycles. The van der Waals surface area contributed by atoms with Gasteiger partial charge in [0.25, 0.3) is 0 Å². The molecule has 0 unspecified atom stereocenters. The maximum atomic E-state index is 11.8. The number of aromatic nitrogens is 3. The second-order valence-corrected chi connectivity index (χ2v) is 6.01. The zero-order valence-corrected chi connectivity index (χ0v) is 11.1. The Kier molecular flexibility index (Phi) is 3.70. The fourth-order valence-electron chi connectivity index (χ4n) is 1.47. The summed E-state index contributed by atoms with van der Waals surface area (Å²) in [5.74, 6) is 0.334. The van der Waals surface area contributed by atoms with Crippen LogP contribution in [-0.4, -0.2) is 36.0 Å². The molecule has 102 valence electrons. The number of sulfone groups is 1. The fraction of sp³-hybridized carbons (Fsp3) is 0.273. The van der Waals surface area contributed by atoms with E-state index >= 15 is 0 Å². The number of hydrogen-bond donors (Lipinski definition) is 2. The summed E-state index contributed by atoms with van der Waals surface area (Å²) in [6, 6.07) is 7.38. The van der Waals surface area contributed by atoms with Gasteiger partial charge in [0.2, 0.25) is 20.9 Å². The summed E-state index contributed by atoms with van der Waals surface area (Å²) in [4.78, 5) is 3.59. The average Bonchev–Trinajstić information content (AvgIpc) is 2.76. The van der Waals surface area contributed by atoms with Gasteiger partial charge in [-0.05, 0) is 24.6 Å². The van der Waals surface area contributed by atoms with E-state index in [9.17, 15) is 8.42 Å². The van der Waals surface area contributed by atoms with Crippen molar-refractivity contribution in [2.45, 2.75) is 12.1 Å². The highest BCUT2D eigenvalue weighted by atomic mass is 32.2. The van der Waals surface area contributed by atoms with Crippen LogP contribution >= 0.6 is 0 Å². The molecule has 2 rings (SSSR count). The van der Waals surface area contributed by atoms with E-state index in [4.69, 9.17) is 10.5 Å². The number of aromatic amines is 1. The SMILES string of the molecule is Cc1cccc(OCCS(=O)(=O)c2nc(N)n[nH]2)c1.